The quantitative estimate of drug-likeness (QED) is 0.541. The van der Waals surface area contributed by atoms with E-state index in [-0.39, 0.29) is 34.2 Å². The van der Waals surface area contributed by atoms with Gasteiger partial charge in [0.2, 0.25) is 5.82 Å². The zero-order valence-electron chi connectivity index (χ0n) is 19.6. The highest BCUT2D eigenvalue weighted by Gasteiger charge is 2.38. The number of aromatic carboxylic acids is 1. The van der Waals surface area contributed by atoms with Gasteiger partial charge in [-0.05, 0) is 48.9 Å². The van der Waals surface area contributed by atoms with Crippen LogP contribution in [0.5, 0.6) is 0 Å². The molecule has 2 saturated heterocycles. The van der Waals surface area contributed by atoms with E-state index in [1.807, 2.05) is 0 Å². The summed E-state index contributed by atoms with van der Waals surface area (Å²) in [4.78, 5) is 37.5. The number of fused-ring (bicyclic) bond motifs is 1. The third kappa shape index (κ3) is 5.19. The van der Waals surface area contributed by atoms with E-state index >= 15 is 0 Å². The number of carboxylic acid groups (broad SMARTS) is 1. The number of carboxylic acids is 1. The standard InChI is InChI=1S/C25H23ClF3N5O3/c26-17-4-1-15(2-5-17)22(35)33-11-9-32(10-12-33)18-7-8-34(14-18)21-19-13-16(23(36)37)3-6-20(19)30-24(31-21)25(27,28)29/h1-6,13,18H,7-12,14H2,(H,36,37)/t18-/m1/s1. The van der Waals surface area contributed by atoms with Crippen molar-refractivity contribution in [1.29, 1.82) is 0 Å². The van der Waals surface area contributed by atoms with Crippen LogP contribution < -0.4 is 4.90 Å². The maximum Gasteiger partial charge on any atom is 0.451 e. The Morgan fingerprint density at radius 1 is 0.946 bits per heavy atom. The van der Waals surface area contributed by atoms with E-state index in [0.717, 1.165) is 0 Å². The van der Waals surface area contributed by atoms with Crippen molar-refractivity contribution < 1.29 is 27.9 Å². The number of halogens is 4. The average molecular weight is 534 g/mol. The van der Waals surface area contributed by atoms with Gasteiger partial charge in [-0.25, -0.2) is 14.8 Å². The van der Waals surface area contributed by atoms with Gasteiger partial charge in [-0.2, -0.15) is 13.2 Å². The molecule has 3 aromatic rings. The van der Waals surface area contributed by atoms with Gasteiger partial charge in [0.25, 0.3) is 5.91 Å². The fraction of sp³-hybridized carbons (Fsp3) is 0.360. The van der Waals surface area contributed by atoms with Crippen LogP contribution in [0.4, 0.5) is 19.0 Å². The molecule has 0 radical (unpaired) electrons. The van der Waals surface area contributed by atoms with Crippen LogP contribution in [0, 0.1) is 0 Å². The fourth-order valence-electron chi connectivity index (χ4n) is 4.91. The van der Waals surface area contributed by atoms with Gasteiger partial charge in [-0.3, -0.25) is 9.69 Å². The molecule has 37 heavy (non-hydrogen) atoms. The van der Waals surface area contributed by atoms with E-state index in [2.05, 4.69) is 14.9 Å². The molecule has 1 N–H and O–H groups in total. The van der Waals surface area contributed by atoms with Crippen LogP contribution in [-0.4, -0.2) is 82.1 Å². The van der Waals surface area contributed by atoms with Gasteiger partial charge >= 0.3 is 12.1 Å². The summed E-state index contributed by atoms with van der Waals surface area (Å²) in [5, 5.41) is 10.2. The molecule has 1 atom stereocenters. The summed E-state index contributed by atoms with van der Waals surface area (Å²) in [6, 6.07) is 10.7. The third-order valence-corrected chi connectivity index (χ3v) is 7.10. The van der Waals surface area contributed by atoms with Crippen LogP contribution in [0.2, 0.25) is 5.02 Å². The number of aromatic nitrogens is 2. The van der Waals surface area contributed by atoms with Crippen LogP contribution in [0.1, 0.15) is 33.0 Å². The molecule has 0 spiro atoms. The van der Waals surface area contributed by atoms with E-state index in [4.69, 9.17) is 11.6 Å². The molecule has 0 unspecified atom stereocenters. The maximum atomic E-state index is 13.5. The van der Waals surface area contributed by atoms with Gasteiger partial charge in [0.15, 0.2) is 0 Å². The van der Waals surface area contributed by atoms with Crippen molar-refractivity contribution in [3.63, 3.8) is 0 Å². The van der Waals surface area contributed by atoms with Crippen LogP contribution in [-0.2, 0) is 6.18 Å². The highest BCUT2D eigenvalue weighted by molar-refractivity contribution is 6.30. The molecule has 2 fully saturated rings. The van der Waals surface area contributed by atoms with Crippen molar-refractivity contribution in [2.24, 2.45) is 0 Å². The Hall–Kier alpha value is -3.44. The van der Waals surface area contributed by atoms with Crippen molar-refractivity contribution in [3.05, 3.63) is 64.4 Å². The summed E-state index contributed by atoms with van der Waals surface area (Å²) in [7, 11) is 0. The molecule has 2 aliphatic rings. The number of amides is 1. The molecule has 2 aromatic carbocycles. The molecule has 1 aromatic heterocycles. The van der Waals surface area contributed by atoms with Gasteiger partial charge in [0, 0.05) is 61.3 Å². The maximum absolute atomic E-state index is 13.5. The largest absolute Gasteiger partial charge is 0.478 e. The Morgan fingerprint density at radius 3 is 2.27 bits per heavy atom. The van der Waals surface area contributed by atoms with Crippen molar-refractivity contribution in [2.45, 2.75) is 18.6 Å². The first kappa shape index (κ1) is 25.2. The molecule has 0 bridgehead atoms. The first-order valence-corrected chi connectivity index (χ1v) is 12.1. The van der Waals surface area contributed by atoms with E-state index in [9.17, 15) is 27.9 Å². The van der Waals surface area contributed by atoms with E-state index in [1.165, 1.54) is 18.2 Å². The minimum atomic E-state index is -4.74. The molecule has 3 heterocycles. The van der Waals surface area contributed by atoms with Gasteiger partial charge in [0.05, 0.1) is 11.1 Å². The first-order valence-electron chi connectivity index (χ1n) is 11.8. The van der Waals surface area contributed by atoms with E-state index < -0.39 is 18.0 Å². The monoisotopic (exact) mass is 533 g/mol. The number of hydrogen-bond donors (Lipinski definition) is 1. The summed E-state index contributed by atoms with van der Waals surface area (Å²) >= 11 is 5.91. The predicted molar refractivity (Wildman–Crippen MR) is 131 cm³/mol. The third-order valence-electron chi connectivity index (χ3n) is 6.85. The number of nitrogens with zero attached hydrogens (tertiary/aromatic N) is 5. The van der Waals surface area contributed by atoms with E-state index in [1.54, 1.807) is 34.1 Å². The summed E-state index contributed by atoms with van der Waals surface area (Å²) in [6.45, 7) is 3.25. The zero-order valence-corrected chi connectivity index (χ0v) is 20.3. The number of carbonyl (C=O) groups excluding carboxylic acids is 1. The molecule has 2 aliphatic heterocycles. The number of carbonyl (C=O) groups is 2. The van der Waals surface area contributed by atoms with Crippen molar-refractivity contribution in [2.75, 3.05) is 44.2 Å². The molecule has 12 heteroatoms. The number of hydrogen-bond acceptors (Lipinski definition) is 6. The summed E-state index contributed by atoms with van der Waals surface area (Å²) < 4.78 is 40.6. The fourth-order valence-corrected chi connectivity index (χ4v) is 5.04. The van der Waals surface area contributed by atoms with Gasteiger partial charge in [-0.15, -0.1) is 0 Å². The molecule has 0 saturated carbocycles. The van der Waals surface area contributed by atoms with Crippen LogP contribution in [0.3, 0.4) is 0 Å². The average Bonchev–Trinajstić information content (AvgIpc) is 3.37. The lowest BCUT2D eigenvalue weighted by Gasteiger charge is -2.38. The summed E-state index contributed by atoms with van der Waals surface area (Å²) in [6.07, 6.45) is -4.03. The van der Waals surface area contributed by atoms with Crippen LogP contribution >= 0.6 is 11.6 Å². The van der Waals surface area contributed by atoms with Crippen molar-refractivity contribution >= 4 is 40.2 Å². The molecule has 0 aliphatic carbocycles. The number of piperazine rings is 1. The Balaban J connectivity index is 1.32. The van der Waals surface area contributed by atoms with Crippen LogP contribution in [0.15, 0.2) is 42.5 Å². The second-order valence-electron chi connectivity index (χ2n) is 9.13. The van der Waals surface area contributed by atoms with Gasteiger partial charge in [0.1, 0.15) is 5.82 Å². The minimum Gasteiger partial charge on any atom is -0.478 e. The number of alkyl halides is 3. The second-order valence-corrected chi connectivity index (χ2v) is 9.57. The Labute approximate surface area is 215 Å². The van der Waals surface area contributed by atoms with Gasteiger partial charge < -0.3 is 14.9 Å². The Kier molecular flexibility index (Phi) is 6.67. The topological polar surface area (TPSA) is 89.9 Å². The predicted octanol–water partition coefficient (Wildman–Crippen LogP) is 4.04. The van der Waals surface area contributed by atoms with E-state index in [0.29, 0.717) is 56.3 Å². The van der Waals surface area contributed by atoms with Crippen LogP contribution in [0.25, 0.3) is 10.9 Å². The number of rotatable bonds is 4. The SMILES string of the molecule is O=C(O)c1ccc2nc(C(F)(F)F)nc(N3CC[C@@H](N4CCN(C(=O)c5ccc(Cl)cc5)CC4)C3)c2c1. The second kappa shape index (κ2) is 9.79. The summed E-state index contributed by atoms with van der Waals surface area (Å²) in [5.41, 5.74) is 0.566. The molecule has 5 rings (SSSR count). The first-order chi connectivity index (χ1) is 17.6. The highest BCUT2D eigenvalue weighted by atomic mass is 35.5. The highest BCUT2D eigenvalue weighted by Crippen LogP contribution is 2.34. The lowest BCUT2D eigenvalue weighted by molar-refractivity contribution is -0.144. The Morgan fingerprint density at radius 2 is 1.62 bits per heavy atom. The molecule has 8 nitrogen and oxygen atoms in total. The zero-order chi connectivity index (χ0) is 26.3. The normalized spacial score (nSPS) is 19.0. The molecule has 194 valence electrons. The lowest BCUT2D eigenvalue weighted by Crippen LogP contribution is -2.52. The minimum absolute atomic E-state index is 0.0418. The van der Waals surface area contributed by atoms with Crippen molar-refractivity contribution in [1.82, 2.24) is 19.8 Å². The molecule has 1 amide bonds. The molecular weight excluding hydrogens is 511 g/mol. The molecular formula is C25H23ClF3N5O3. The number of benzene rings is 2. The lowest BCUT2D eigenvalue weighted by atomic mass is 10.1. The Bertz CT molecular complexity index is 1340. The smallest absolute Gasteiger partial charge is 0.451 e. The van der Waals surface area contributed by atoms with Crippen molar-refractivity contribution in [3.8, 4) is 0 Å². The number of anilines is 1. The van der Waals surface area contributed by atoms with Gasteiger partial charge in [-0.1, -0.05) is 11.6 Å². The summed E-state index contributed by atoms with van der Waals surface area (Å²) in [5.74, 6) is -2.42.